The summed E-state index contributed by atoms with van der Waals surface area (Å²) in [6, 6.07) is 10.0. The lowest BCUT2D eigenvalue weighted by Crippen LogP contribution is -2.43. The highest BCUT2D eigenvalue weighted by atomic mass is 16.2. The molecule has 3 unspecified atom stereocenters. The molecule has 1 aromatic carbocycles. The van der Waals surface area contributed by atoms with E-state index in [0.29, 0.717) is 18.4 Å². The minimum atomic E-state index is -0.0749. The first-order valence-corrected chi connectivity index (χ1v) is 8.66. The standard InChI is InChI=1S/C19H28N2O2/c1-14-7-6-10-17(15(14)2)21-19(23)12-11-18(22)20-13-16-8-4-3-5-9-16/h3-5,8-9,14-15,17H,6-7,10-13H2,1-2H3,(H,20,22)(H,21,23). The molecule has 1 aromatic rings. The van der Waals surface area contributed by atoms with E-state index in [1.807, 2.05) is 30.3 Å². The van der Waals surface area contributed by atoms with Crippen molar-refractivity contribution in [2.75, 3.05) is 0 Å². The molecule has 1 aliphatic rings. The summed E-state index contributed by atoms with van der Waals surface area (Å²) in [5.74, 6) is 1.09. The minimum Gasteiger partial charge on any atom is -0.353 e. The van der Waals surface area contributed by atoms with Crippen LogP contribution in [0.4, 0.5) is 0 Å². The number of benzene rings is 1. The molecule has 1 fully saturated rings. The highest BCUT2D eigenvalue weighted by Gasteiger charge is 2.27. The second kappa shape index (κ2) is 8.70. The molecular weight excluding hydrogens is 288 g/mol. The molecule has 0 radical (unpaired) electrons. The van der Waals surface area contributed by atoms with Crippen LogP contribution in [-0.4, -0.2) is 17.9 Å². The lowest BCUT2D eigenvalue weighted by molar-refractivity contribution is -0.127. The van der Waals surface area contributed by atoms with Crippen LogP contribution in [0.3, 0.4) is 0 Å². The highest BCUT2D eigenvalue weighted by molar-refractivity contribution is 5.83. The van der Waals surface area contributed by atoms with Crippen molar-refractivity contribution in [2.24, 2.45) is 11.8 Å². The third-order valence-corrected chi connectivity index (χ3v) is 4.96. The smallest absolute Gasteiger partial charge is 0.220 e. The van der Waals surface area contributed by atoms with Crippen LogP contribution in [0, 0.1) is 11.8 Å². The molecule has 0 spiro atoms. The van der Waals surface area contributed by atoms with E-state index in [1.54, 1.807) is 0 Å². The van der Waals surface area contributed by atoms with E-state index in [1.165, 1.54) is 12.8 Å². The Labute approximate surface area is 139 Å². The van der Waals surface area contributed by atoms with Gasteiger partial charge in [-0.15, -0.1) is 0 Å². The van der Waals surface area contributed by atoms with Gasteiger partial charge in [0.05, 0.1) is 0 Å². The number of amides is 2. The van der Waals surface area contributed by atoms with Gasteiger partial charge in [-0.1, -0.05) is 57.0 Å². The zero-order valence-corrected chi connectivity index (χ0v) is 14.2. The molecule has 0 aliphatic heterocycles. The Morgan fingerprint density at radius 3 is 2.48 bits per heavy atom. The number of nitrogens with one attached hydrogen (secondary N) is 2. The summed E-state index contributed by atoms with van der Waals surface area (Å²) in [6.07, 6.45) is 3.98. The van der Waals surface area contributed by atoms with Crippen molar-refractivity contribution in [3.8, 4) is 0 Å². The zero-order valence-electron chi connectivity index (χ0n) is 14.2. The minimum absolute atomic E-state index is 0.00851. The van der Waals surface area contributed by atoms with Crippen LogP contribution in [0.5, 0.6) is 0 Å². The lowest BCUT2D eigenvalue weighted by atomic mass is 9.78. The summed E-state index contributed by atoms with van der Waals surface area (Å²) in [4.78, 5) is 23.9. The average molecular weight is 316 g/mol. The van der Waals surface area contributed by atoms with Gasteiger partial charge >= 0.3 is 0 Å². The molecule has 2 N–H and O–H groups in total. The number of carbonyl (C=O) groups excluding carboxylic acids is 2. The third kappa shape index (κ3) is 5.70. The molecule has 4 nitrogen and oxygen atoms in total. The molecule has 0 aromatic heterocycles. The van der Waals surface area contributed by atoms with Crippen LogP contribution < -0.4 is 10.6 Å². The van der Waals surface area contributed by atoms with Gasteiger partial charge in [-0.25, -0.2) is 0 Å². The van der Waals surface area contributed by atoms with E-state index in [2.05, 4.69) is 24.5 Å². The summed E-state index contributed by atoms with van der Waals surface area (Å²) in [5.41, 5.74) is 1.07. The van der Waals surface area contributed by atoms with Crippen LogP contribution >= 0.6 is 0 Å². The van der Waals surface area contributed by atoms with E-state index in [0.717, 1.165) is 12.0 Å². The van der Waals surface area contributed by atoms with Crippen molar-refractivity contribution in [3.05, 3.63) is 35.9 Å². The number of hydrogen-bond acceptors (Lipinski definition) is 2. The average Bonchev–Trinajstić information content (AvgIpc) is 2.56. The first-order chi connectivity index (χ1) is 11.1. The van der Waals surface area contributed by atoms with Crippen LogP contribution in [0.1, 0.15) is 51.5 Å². The van der Waals surface area contributed by atoms with Gasteiger partial charge in [-0.3, -0.25) is 9.59 Å². The molecule has 2 rings (SSSR count). The molecule has 0 bridgehead atoms. The van der Waals surface area contributed by atoms with Crippen molar-refractivity contribution in [3.63, 3.8) is 0 Å². The maximum atomic E-state index is 12.1. The second-order valence-electron chi connectivity index (χ2n) is 6.70. The van der Waals surface area contributed by atoms with Crippen molar-refractivity contribution in [1.29, 1.82) is 0 Å². The normalized spacial score (nSPS) is 24.0. The monoisotopic (exact) mass is 316 g/mol. The van der Waals surface area contributed by atoms with Gasteiger partial charge in [-0.2, -0.15) is 0 Å². The van der Waals surface area contributed by atoms with Crippen molar-refractivity contribution in [2.45, 2.75) is 58.5 Å². The Bertz CT molecular complexity index is 515. The SMILES string of the molecule is CC1CCCC(NC(=O)CCC(=O)NCc2ccccc2)C1C. The van der Waals surface area contributed by atoms with Gasteiger partial charge < -0.3 is 10.6 Å². The van der Waals surface area contributed by atoms with Crippen LogP contribution in [0.15, 0.2) is 30.3 Å². The summed E-state index contributed by atoms with van der Waals surface area (Å²) in [7, 11) is 0. The predicted octanol–water partition coefficient (Wildman–Crippen LogP) is 3.02. The van der Waals surface area contributed by atoms with Crippen molar-refractivity contribution in [1.82, 2.24) is 10.6 Å². The van der Waals surface area contributed by atoms with Crippen LogP contribution in [0.2, 0.25) is 0 Å². The molecular formula is C19H28N2O2. The molecule has 0 heterocycles. The Balaban J connectivity index is 1.66. The largest absolute Gasteiger partial charge is 0.353 e. The molecule has 1 aliphatic carbocycles. The fourth-order valence-electron chi connectivity index (χ4n) is 3.18. The highest BCUT2D eigenvalue weighted by Crippen LogP contribution is 2.29. The fraction of sp³-hybridized carbons (Fsp3) is 0.579. The Kier molecular flexibility index (Phi) is 6.63. The summed E-state index contributed by atoms with van der Waals surface area (Å²) in [5, 5.41) is 5.96. The van der Waals surface area contributed by atoms with Crippen molar-refractivity contribution < 1.29 is 9.59 Å². The molecule has 126 valence electrons. The van der Waals surface area contributed by atoms with Gasteiger partial charge in [0.2, 0.25) is 11.8 Å². The van der Waals surface area contributed by atoms with E-state index in [9.17, 15) is 9.59 Å². The number of hydrogen-bond donors (Lipinski definition) is 2. The first-order valence-electron chi connectivity index (χ1n) is 8.66. The third-order valence-electron chi connectivity index (χ3n) is 4.96. The maximum Gasteiger partial charge on any atom is 0.220 e. The van der Waals surface area contributed by atoms with Gasteiger partial charge in [-0.05, 0) is 23.8 Å². The van der Waals surface area contributed by atoms with E-state index < -0.39 is 0 Å². The van der Waals surface area contributed by atoms with Crippen LogP contribution in [0.25, 0.3) is 0 Å². The second-order valence-corrected chi connectivity index (χ2v) is 6.70. The fourth-order valence-corrected chi connectivity index (χ4v) is 3.18. The maximum absolute atomic E-state index is 12.1. The lowest BCUT2D eigenvalue weighted by Gasteiger charge is -2.34. The molecule has 23 heavy (non-hydrogen) atoms. The predicted molar refractivity (Wildman–Crippen MR) is 91.6 cm³/mol. The Morgan fingerprint density at radius 2 is 1.74 bits per heavy atom. The van der Waals surface area contributed by atoms with Gasteiger partial charge in [0, 0.05) is 25.4 Å². The number of carbonyl (C=O) groups is 2. The summed E-state index contributed by atoms with van der Waals surface area (Å²) in [6.45, 7) is 4.97. The molecule has 3 atom stereocenters. The van der Waals surface area contributed by atoms with E-state index >= 15 is 0 Å². The molecule has 4 heteroatoms. The first kappa shape index (κ1) is 17.5. The summed E-state index contributed by atoms with van der Waals surface area (Å²) < 4.78 is 0. The van der Waals surface area contributed by atoms with E-state index in [4.69, 9.17) is 0 Å². The molecule has 0 saturated heterocycles. The molecule has 2 amide bonds. The quantitative estimate of drug-likeness (QED) is 0.847. The number of rotatable bonds is 6. The summed E-state index contributed by atoms with van der Waals surface area (Å²) >= 11 is 0. The van der Waals surface area contributed by atoms with Crippen LogP contribution in [-0.2, 0) is 16.1 Å². The van der Waals surface area contributed by atoms with Gasteiger partial charge in [0.15, 0.2) is 0 Å². The molecule has 1 saturated carbocycles. The zero-order chi connectivity index (χ0) is 16.7. The topological polar surface area (TPSA) is 58.2 Å². The Morgan fingerprint density at radius 1 is 1.04 bits per heavy atom. The Hall–Kier alpha value is -1.84. The van der Waals surface area contributed by atoms with Gasteiger partial charge in [0.25, 0.3) is 0 Å². The van der Waals surface area contributed by atoms with E-state index in [-0.39, 0.29) is 30.7 Å². The van der Waals surface area contributed by atoms with Gasteiger partial charge in [0.1, 0.15) is 0 Å². The van der Waals surface area contributed by atoms with Crippen molar-refractivity contribution >= 4 is 11.8 Å².